The quantitative estimate of drug-likeness (QED) is 0.544. The van der Waals surface area contributed by atoms with Gasteiger partial charge in [0.2, 0.25) is 0 Å². The molecule has 0 saturated carbocycles. The maximum atomic E-state index is 12.4. The second-order valence-electron chi connectivity index (χ2n) is 7.55. The van der Waals surface area contributed by atoms with E-state index in [1.165, 1.54) is 16.0 Å². The molecule has 1 unspecified atom stereocenters. The van der Waals surface area contributed by atoms with Crippen LogP contribution in [0, 0.1) is 0 Å². The van der Waals surface area contributed by atoms with Crippen LogP contribution in [0.1, 0.15) is 28.5 Å². The minimum Gasteiger partial charge on any atom is -0.463 e. The second kappa shape index (κ2) is 9.41. The predicted molar refractivity (Wildman–Crippen MR) is 112 cm³/mol. The van der Waals surface area contributed by atoms with E-state index >= 15 is 0 Å². The highest BCUT2D eigenvalue weighted by Gasteiger charge is 2.31. The molecule has 1 aliphatic heterocycles. The molecule has 154 valence electrons. The van der Waals surface area contributed by atoms with Crippen molar-refractivity contribution in [2.24, 2.45) is 0 Å². The average Bonchev–Trinajstić information content (AvgIpc) is 3.32. The summed E-state index contributed by atoms with van der Waals surface area (Å²) >= 11 is 0. The SMILES string of the molecule is O=C(NCc1ccccc1)C(=O)NC[C@@H](c1ccco1)[NH+]1CCc2ccccc2C1. The molecule has 6 heteroatoms. The lowest BCUT2D eigenvalue weighted by Crippen LogP contribution is -3.12. The van der Waals surface area contributed by atoms with Crippen molar-refractivity contribution in [3.63, 3.8) is 0 Å². The molecule has 2 heterocycles. The topological polar surface area (TPSA) is 75.8 Å². The van der Waals surface area contributed by atoms with Crippen LogP contribution in [0.2, 0.25) is 0 Å². The molecule has 0 saturated heterocycles. The van der Waals surface area contributed by atoms with Crippen molar-refractivity contribution in [3.05, 3.63) is 95.4 Å². The normalized spacial score (nSPS) is 16.3. The zero-order valence-corrected chi connectivity index (χ0v) is 16.8. The number of benzene rings is 2. The van der Waals surface area contributed by atoms with E-state index in [-0.39, 0.29) is 6.04 Å². The van der Waals surface area contributed by atoms with E-state index in [1.54, 1.807) is 6.26 Å². The second-order valence-corrected chi connectivity index (χ2v) is 7.55. The number of fused-ring (bicyclic) bond motifs is 1. The van der Waals surface area contributed by atoms with Gasteiger partial charge in [-0.2, -0.15) is 0 Å². The zero-order valence-electron chi connectivity index (χ0n) is 16.8. The number of carbonyl (C=O) groups is 2. The Labute approximate surface area is 175 Å². The Balaban J connectivity index is 1.37. The number of nitrogens with one attached hydrogen (secondary N) is 3. The van der Waals surface area contributed by atoms with Gasteiger partial charge in [-0.1, -0.05) is 54.6 Å². The number of hydrogen-bond acceptors (Lipinski definition) is 3. The van der Waals surface area contributed by atoms with Crippen LogP contribution in [0.3, 0.4) is 0 Å². The van der Waals surface area contributed by atoms with Gasteiger partial charge in [-0.05, 0) is 23.3 Å². The monoisotopic (exact) mass is 404 g/mol. The fraction of sp³-hybridized carbons (Fsp3) is 0.250. The standard InChI is InChI=1S/C24H25N3O3/c28-23(25-15-18-7-2-1-3-8-18)24(29)26-16-21(22-11-6-14-30-22)27-13-12-19-9-4-5-10-20(19)17-27/h1-11,14,21H,12-13,15-17H2,(H,25,28)(H,26,29)/p+1/t21-/m0/s1. The van der Waals surface area contributed by atoms with E-state index in [2.05, 4.69) is 34.9 Å². The van der Waals surface area contributed by atoms with E-state index in [0.717, 1.165) is 30.8 Å². The highest BCUT2D eigenvalue weighted by atomic mass is 16.3. The molecule has 0 bridgehead atoms. The van der Waals surface area contributed by atoms with Crippen LogP contribution in [0.25, 0.3) is 0 Å². The maximum Gasteiger partial charge on any atom is 0.309 e. The summed E-state index contributed by atoms with van der Waals surface area (Å²) in [5.74, 6) is -0.440. The lowest BCUT2D eigenvalue weighted by molar-refractivity contribution is -0.946. The van der Waals surface area contributed by atoms with Crippen LogP contribution in [0.15, 0.2) is 77.4 Å². The van der Waals surface area contributed by atoms with Crippen LogP contribution in [0.5, 0.6) is 0 Å². The molecular weight excluding hydrogens is 378 g/mol. The van der Waals surface area contributed by atoms with Crippen molar-refractivity contribution >= 4 is 11.8 Å². The first-order valence-electron chi connectivity index (χ1n) is 10.3. The van der Waals surface area contributed by atoms with Crippen LogP contribution in [0.4, 0.5) is 0 Å². The van der Waals surface area contributed by atoms with E-state index in [1.807, 2.05) is 42.5 Å². The van der Waals surface area contributed by atoms with Gasteiger partial charge in [0.05, 0.1) is 19.4 Å². The molecule has 3 aromatic rings. The first kappa shape index (κ1) is 19.9. The van der Waals surface area contributed by atoms with E-state index in [0.29, 0.717) is 13.1 Å². The summed E-state index contributed by atoms with van der Waals surface area (Å²) < 4.78 is 5.66. The van der Waals surface area contributed by atoms with Gasteiger partial charge in [-0.25, -0.2) is 0 Å². The minimum atomic E-state index is -0.629. The third-order valence-electron chi connectivity index (χ3n) is 5.60. The molecule has 6 nitrogen and oxygen atoms in total. The number of carbonyl (C=O) groups excluding carboxylic acids is 2. The van der Waals surface area contributed by atoms with Gasteiger partial charge >= 0.3 is 11.8 Å². The molecule has 2 aromatic carbocycles. The highest BCUT2D eigenvalue weighted by molar-refractivity contribution is 6.35. The molecule has 4 rings (SSSR count). The highest BCUT2D eigenvalue weighted by Crippen LogP contribution is 2.15. The van der Waals surface area contributed by atoms with E-state index in [4.69, 9.17) is 4.42 Å². The van der Waals surface area contributed by atoms with Gasteiger partial charge in [-0.3, -0.25) is 9.59 Å². The summed E-state index contributed by atoms with van der Waals surface area (Å²) in [7, 11) is 0. The number of hydrogen-bond donors (Lipinski definition) is 3. The van der Waals surface area contributed by atoms with E-state index < -0.39 is 11.8 Å². The largest absolute Gasteiger partial charge is 0.463 e. The first-order valence-corrected chi connectivity index (χ1v) is 10.3. The molecule has 1 aromatic heterocycles. The van der Waals surface area contributed by atoms with Crippen LogP contribution < -0.4 is 15.5 Å². The minimum absolute atomic E-state index is 0.0563. The fourth-order valence-electron chi connectivity index (χ4n) is 3.97. The zero-order chi connectivity index (χ0) is 20.8. The third kappa shape index (κ3) is 4.78. The van der Waals surface area contributed by atoms with Gasteiger partial charge in [0, 0.05) is 18.5 Å². The van der Waals surface area contributed by atoms with E-state index in [9.17, 15) is 9.59 Å². The molecule has 3 N–H and O–H groups in total. The molecule has 2 atom stereocenters. The van der Waals surface area contributed by atoms with Gasteiger partial charge < -0.3 is 20.0 Å². The van der Waals surface area contributed by atoms with Crippen molar-refractivity contribution in [1.29, 1.82) is 0 Å². The summed E-state index contributed by atoms with van der Waals surface area (Å²) in [6, 6.07) is 21.7. The summed E-state index contributed by atoms with van der Waals surface area (Å²) in [4.78, 5) is 25.9. The van der Waals surface area contributed by atoms with Crippen molar-refractivity contribution < 1.29 is 18.9 Å². The first-order chi connectivity index (χ1) is 14.7. The molecule has 30 heavy (non-hydrogen) atoms. The molecule has 0 radical (unpaired) electrons. The Morgan fingerprint density at radius 2 is 1.63 bits per heavy atom. The summed E-state index contributed by atoms with van der Waals surface area (Å²) in [6.45, 7) is 2.46. The Morgan fingerprint density at radius 1 is 0.900 bits per heavy atom. The lowest BCUT2D eigenvalue weighted by atomic mass is 9.98. The van der Waals surface area contributed by atoms with Gasteiger partial charge in [0.15, 0.2) is 11.8 Å². The molecule has 2 amide bonds. The third-order valence-corrected chi connectivity index (χ3v) is 5.60. The summed E-state index contributed by atoms with van der Waals surface area (Å²) in [5.41, 5.74) is 3.65. The molecule has 1 aliphatic rings. The number of quaternary nitrogens is 1. The van der Waals surface area contributed by atoms with Gasteiger partial charge in [0.25, 0.3) is 0 Å². The average molecular weight is 404 g/mol. The summed E-state index contributed by atoms with van der Waals surface area (Å²) in [5, 5.41) is 5.47. The van der Waals surface area contributed by atoms with Crippen molar-refractivity contribution in [2.75, 3.05) is 13.1 Å². The molecule has 0 spiro atoms. The Bertz CT molecular complexity index is 986. The smallest absolute Gasteiger partial charge is 0.309 e. The fourth-order valence-corrected chi connectivity index (χ4v) is 3.97. The van der Waals surface area contributed by atoms with Gasteiger partial charge in [-0.15, -0.1) is 0 Å². The van der Waals surface area contributed by atoms with Crippen molar-refractivity contribution in [1.82, 2.24) is 10.6 Å². The predicted octanol–water partition coefficient (Wildman–Crippen LogP) is 1.39. The molecule has 0 fully saturated rings. The van der Waals surface area contributed by atoms with Gasteiger partial charge in [0.1, 0.15) is 6.54 Å². The number of furan rings is 1. The van der Waals surface area contributed by atoms with Crippen LogP contribution in [-0.4, -0.2) is 24.9 Å². The Hall–Kier alpha value is -3.38. The van der Waals surface area contributed by atoms with Crippen molar-refractivity contribution in [2.45, 2.75) is 25.6 Å². The lowest BCUT2D eigenvalue weighted by Gasteiger charge is -2.31. The number of rotatable bonds is 6. The van der Waals surface area contributed by atoms with Crippen LogP contribution in [-0.2, 0) is 29.1 Å². The molecule has 0 aliphatic carbocycles. The van der Waals surface area contributed by atoms with Crippen LogP contribution >= 0.6 is 0 Å². The van der Waals surface area contributed by atoms with Crippen molar-refractivity contribution in [3.8, 4) is 0 Å². The molecular formula is C24H26N3O3+. The Morgan fingerprint density at radius 3 is 2.40 bits per heavy atom. The summed E-state index contributed by atoms with van der Waals surface area (Å²) in [6.07, 6.45) is 2.63. The maximum absolute atomic E-state index is 12.4. The number of amides is 2. The Kier molecular flexibility index (Phi) is 6.25.